The van der Waals surface area contributed by atoms with Crippen molar-refractivity contribution in [1.82, 2.24) is 10.5 Å². The van der Waals surface area contributed by atoms with Gasteiger partial charge in [-0.25, -0.2) is 0 Å². The maximum absolute atomic E-state index is 5.02. The molecule has 3 heteroatoms. The van der Waals surface area contributed by atoms with E-state index in [1.165, 1.54) is 0 Å². The van der Waals surface area contributed by atoms with Crippen molar-refractivity contribution in [2.24, 2.45) is 0 Å². The summed E-state index contributed by atoms with van der Waals surface area (Å²) in [6, 6.07) is 15.9. The molecule has 1 aromatic carbocycles. The molecular weight excluding hydrogens is 200 g/mol. The molecule has 0 amide bonds. The molecule has 3 nitrogen and oxygen atoms in total. The Morgan fingerprint density at radius 2 is 1.81 bits per heavy atom. The van der Waals surface area contributed by atoms with Gasteiger partial charge in [-0.3, -0.25) is 4.98 Å². The summed E-state index contributed by atoms with van der Waals surface area (Å²) in [4.78, 5) is 9.35. The van der Waals surface area contributed by atoms with Crippen LogP contribution in [0, 0.1) is 0 Å². The van der Waals surface area contributed by atoms with Gasteiger partial charge < -0.3 is 4.84 Å². The molecule has 2 aromatic rings. The molecule has 2 rings (SSSR count). The van der Waals surface area contributed by atoms with Crippen molar-refractivity contribution in [2.45, 2.75) is 6.04 Å². The van der Waals surface area contributed by atoms with Gasteiger partial charge in [-0.2, -0.15) is 5.48 Å². The average Bonchev–Trinajstić information content (AvgIpc) is 2.38. The Hall–Kier alpha value is -1.71. The Balaban J connectivity index is 2.31. The first-order valence-corrected chi connectivity index (χ1v) is 5.16. The van der Waals surface area contributed by atoms with E-state index in [2.05, 4.69) is 10.5 Å². The molecule has 0 fully saturated rings. The van der Waals surface area contributed by atoms with Crippen molar-refractivity contribution in [3.63, 3.8) is 0 Å². The van der Waals surface area contributed by atoms with Crippen molar-refractivity contribution in [3.05, 3.63) is 66.0 Å². The summed E-state index contributed by atoms with van der Waals surface area (Å²) in [7, 11) is 1.61. The molecule has 0 aliphatic heterocycles. The van der Waals surface area contributed by atoms with Gasteiger partial charge in [-0.05, 0) is 17.7 Å². The van der Waals surface area contributed by atoms with Crippen LogP contribution in [0.15, 0.2) is 54.7 Å². The molecule has 82 valence electrons. The molecule has 0 saturated heterocycles. The Kier molecular flexibility index (Phi) is 3.64. The van der Waals surface area contributed by atoms with Gasteiger partial charge in [0, 0.05) is 6.20 Å². The Morgan fingerprint density at radius 1 is 1.06 bits per heavy atom. The maximum Gasteiger partial charge on any atom is 0.0992 e. The first kappa shape index (κ1) is 10.8. The minimum absolute atomic E-state index is 0.0348. The summed E-state index contributed by atoms with van der Waals surface area (Å²) in [5.74, 6) is 0. The van der Waals surface area contributed by atoms with Crippen LogP contribution in [0.3, 0.4) is 0 Å². The van der Waals surface area contributed by atoms with Gasteiger partial charge in [-0.15, -0.1) is 0 Å². The second kappa shape index (κ2) is 5.39. The van der Waals surface area contributed by atoms with Gasteiger partial charge >= 0.3 is 0 Å². The topological polar surface area (TPSA) is 34.1 Å². The van der Waals surface area contributed by atoms with Crippen LogP contribution < -0.4 is 5.48 Å². The minimum atomic E-state index is -0.0348. The predicted molar refractivity (Wildman–Crippen MR) is 62.7 cm³/mol. The van der Waals surface area contributed by atoms with Crippen LogP contribution in [0.1, 0.15) is 17.3 Å². The molecule has 1 aromatic heterocycles. The standard InChI is InChI=1S/C13H14N2O/c1-16-15-13(11-7-3-2-4-8-11)12-9-5-6-10-14-12/h2-10,13,15H,1H3. The molecule has 0 radical (unpaired) electrons. The van der Waals surface area contributed by atoms with Gasteiger partial charge in [0.05, 0.1) is 18.8 Å². The maximum atomic E-state index is 5.02. The molecule has 0 spiro atoms. The third-order valence-electron chi connectivity index (χ3n) is 2.35. The van der Waals surface area contributed by atoms with Crippen molar-refractivity contribution >= 4 is 0 Å². The zero-order valence-corrected chi connectivity index (χ0v) is 9.13. The summed E-state index contributed by atoms with van der Waals surface area (Å²) in [6.07, 6.45) is 1.78. The highest BCUT2D eigenvalue weighted by Gasteiger charge is 2.13. The van der Waals surface area contributed by atoms with E-state index in [1.807, 2.05) is 48.5 Å². The minimum Gasteiger partial charge on any atom is -0.304 e. The smallest absolute Gasteiger partial charge is 0.0992 e. The van der Waals surface area contributed by atoms with Gasteiger partial charge in [0.25, 0.3) is 0 Å². The van der Waals surface area contributed by atoms with E-state index in [0.717, 1.165) is 11.3 Å². The lowest BCUT2D eigenvalue weighted by molar-refractivity contribution is 0.0705. The molecule has 1 atom stereocenters. The molecular formula is C13H14N2O. The normalized spacial score (nSPS) is 12.3. The van der Waals surface area contributed by atoms with Gasteiger partial charge in [-0.1, -0.05) is 36.4 Å². The Bertz CT molecular complexity index is 377. The molecule has 0 aliphatic carbocycles. The highest BCUT2D eigenvalue weighted by molar-refractivity contribution is 5.26. The molecule has 1 unspecified atom stereocenters. The van der Waals surface area contributed by atoms with Crippen molar-refractivity contribution in [1.29, 1.82) is 0 Å². The zero-order chi connectivity index (χ0) is 11.2. The molecule has 1 heterocycles. The van der Waals surface area contributed by atoms with Crippen molar-refractivity contribution < 1.29 is 4.84 Å². The average molecular weight is 214 g/mol. The summed E-state index contributed by atoms with van der Waals surface area (Å²) >= 11 is 0. The zero-order valence-electron chi connectivity index (χ0n) is 9.13. The Labute approximate surface area is 95.1 Å². The van der Waals surface area contributed by atoms with E-state index in [4.69, 9.17) is 4.84 Å². The van der Waals surface area contributed by atoms with E-state index in [9.17, 15) is 0 Å². The van der Waals surface area contributed by atoms with E-state index >= 15 is 0 Å². The second-order valence-electron chi connectivity index (χ2n) is 3.42. The van der Waals surface area contributed by atoms with Crippen LogP contribution in [0.25, 0.3) is 0 Å². The lowest BCUT2D eigenvalue weighted by Crippen LogP contribution is -2.21. The van der Waals surface area contributed by atoms with Crippen LogP contribution in [0.5, 0.6) is 0 Å². The molecule has 16 heavy (non-hydrogen) atoms. The van der Waals surface area contributed by atoms with Gasteiger partial charge in [0.2, 0.25) is 0 Å². The summed E-state index contributed by atoms with van der Waals surface area (Å²) < 4.78 is 0. The summed E-state index contributed by atoms with van der Waals surface area (Å²) in [5, 5.41) is 0. The number of hydroxylamine groups is 1. The SMILES string of the molecule is CONC(c1ccccc1)c1ccccn1. The second-order valence-corrected chi connectivity index (χ2v) is 3.42. The quantitative estimate of drug-likeness (QED) is 0.793. The number of pyridine rings is 1. The van der Waals surface area contributed by atoms with Crippen LogP contribution in [0.2, 0.25) is 0 Å². The van der Waals surface area contributed by atoms with Crippen LogP contribution in [0.4, 0.5) is 0 Å². The first-order chi connectivity index (χ1) is 7.92. The van der Waals surface area contributed by atoms with Gasteiger partial charge in [0.15, 0.2) is 0 Å². The Morgan fingerprint density at radius 3 is 2.44 bits per heavy atom. The van der Waals surface area contributed by atoms with E-state index in [0.29, 0.717) is 0 Å². The highest BCUT2D eigenvalue weighted by atomic mass is 16.6. The number of rotatable bonds is 4. The third kappa shape index (κ3) is 2.45. The fourth-order valence-electron chi connectivity index (χ4n) is 1.61. The summed E-state index contributed by atoms with van der Waals surface area (Å²) in [5.41, 5.74) is 5.02. The number of aromatic nitrogens is 1. The lowest BCUT2D eigenvalue weighted by Gasteiger charge is -2.16. The molecule has 0 saturated carbocycles. The van der Waals surface area contributed by atoms with Gasteiger partial charge in [0.1, 0.15) is 0 Å². The first-order valence-electron chi connectivity index (χ1n) is 5.16. The number of hydrogen-bond acceptors (Lipinski definition) is 3. The molecule has 1 N–H and O–H groups in total. The third-order valence-corrected chi connectivity index (χ3v) is 2.35. The fraction of sp³-hybridized carbons (Fsp3) is 0.154. The number of hydrogen-bond donors (Lipinski definition) is 1. The highest BCUT2D eigenvalue weighted by Crippen LogP contribution is 2.19. The summed E-state index contributed by atoms with van der Waals surface area (Å²) in [6.45, 7) is 0. The number of benzene rings is 1. The van der Waals surface area contributed by atoms with Crippen LogP contribution in [-0.4, -0.2) is 12.1 Å². The molecule has 0 aliphatic rings. The van der Waals surface area contributed by atoms with E-state index in [-0.39, 0.29) is 6.04 Å². The van der Waals surface area contributed by atoms with E-state index in [1.54, 1.807) is 13.3 Å². The fourth-order valence-corrected chi connectivity index (χ4v) is 1.61. The number of nitrogens with zero attached hydrogens (tertiary/aromatic N) is 1. The largest absolute Gasteiger partial charge is 0.304 e. The van der Waals surface area contributed by atoms with Crippen molar-refractivity contribution in [3.8, 4) is 0 Å². The van der Waals surface area contributed by atoms with E-state index < -0.39 is 0 Å². The van der Waals surface area contributed by atoms with Crippen LogP contribution in [-0.2, 0) is 4.84 Å². The monoisotopic (exact) mass is 214 g/mol. The molecule has 0 bridgehead atoms. The van der Waals surface area contributed by atoms with Crippen LogP contribution >= 0.6 is 0 Å². The lowest BCUT2D eigenvalue weighted by atomic mass is 10.0. The number of nitrogens with one attached hydrogen (secondary N) is 1. The van der Waals surface area contributed by atoms with Crippen molar-refractivity contribution in [2.75, 3.05) is 7.11 Å². The predicted octanol–water partition coefficient (Wildman–Crippen LogP) is 2.32.